The molecule has 0 saturated carbocycles. The third-order valence-electron chi connectivity index (χ3n) is 5.20. The number of rotatable bonds is 15. The first-order valence-corrected chi connectivity index (χ1v) is 12.3. The lowest BCUT2D eigenvalue weighted by molar-refractivity contribution is 0.276. The lowest BCUT2D eigenvalue weighted by Crippen LogP contribution is -2.16. The Kier molecular flexibility index (Phi) is 10.4. The van der Waals surface area contributed by atoms with Gasteiger partial charge in [0.1, 0.15) is 12.4 Å². The molecule has 0 amide bonds. The van der Waals surface area contributed by atoms with Crippen molar-refractivity contribution in [2.45, 2.75) is 38.6 Å². The van der Waals surface area contributed by atoms with Crippen LogP contribution in [0.4, 0.5) is 5.69 Å². The van der Waals surface area contributed by atoms with Crippen LogP contribution in [0.5, 0.6) is 0 Å². The molecule has 0 spiro atoms. The predicted octanol–water partition coefficient (Wildman–Crippen LogP) is 5.92. The molecule has 1 aromatic heterocycles. The quantitative estimate of drug-likeness (QED) is 0.195. The summed E-state index contributed by atoms with van der Waals surface area (Å²) in [6.45, 7) is 2.61. The molecule has 0 bridgehead atoms. The van der Waals surface area contributed by atoms with Crippen LogP contribution in [0.2, 0.25) is 0 Å². The first kappa shape index (κ1) is 24.1. The van der Waals surface area contributed by atoms with E-state index in [1.807, 2.05) is 12.1 Å². The van der Waals surface area contributed by atoms with E-state index in [0.717, 1.165) is 42.0 Å². The van der Waals surface area contributed by atoms with Gasteiger partial charge in [0.05, 0.1) is 6.26 Å². The van der Waals surface area contributed by atoms with E-state index in [-0.39, 0.29) is 6.61 Å². The minimum Gasteiger partial charge on any atom is -0.464 e. The lowest BCUT2D eigenvalue weighted by Gasteiger charge is -2.13. The molecule has 0 aliphatic rings. The van der Waals surface area contributed by atoms with Gasteiger partial charge in [0.2, 0.25) is 0 Å². The van der Waals surface area contributed by atoms with Crippen LogP contribution in [-0.2, 0) is 22.1 Å². The zero-order valence-electron chi connectivity index (χ0n) is 18.3. The third kappa shape index (κ3) is 8.56. The topological polar surface area (TPSA) is 83.7 Å². The Hall–Kier alpha value is -2.50. The number of unbranched alkanes of at least 4 members (excludes halogenated alkanes) is 2. The fourth-order valence-electron chi connectivity index (χ4n) is 3.56. The monoisotopic (exact) mass is 455 g/mol. The van der Waals surface area contributed by atoms with Crippen LogP contribution in [0.3, 0.4) is 0 Å². The Morgan fingerprint density at radius 3 is 2.56 bits per heavy atom. The highest BCUT2D eigenvalue weighted by Gasteiger charge is 2.11. The second kappa shape index (κ2) is 13.8. The minimum absolute atomic E-state index is 0.268. The fraction of sp³-hybridized carbons (Fsp3) is 0.360. The standard InChI is InChI=1S/C25H31N2O4P/c28-32(29)31-18-8-15-26-20-22-13-14-24(23(19-22)25-12-7-17-30-25)27-16-6-2-5-11-21-9-3-1-4-10-21/h1,3-4,7,9-10,12-14,17,19,26-27H,2,5-6,8,11,15-16,18,20H2/p+1. The van der Waals surface area contributed by atoms with E-state index < -0.39 is 8.25 Å². The molecule has 0 fully saturated rings. The van der Waals surface area contributed by atoms with Crippen molar-refractivity contribution in [2.24, 2.45) is 0 Å². The molecule has 1 unspecified atom stereocenters. The molecular weight excluding hydrogens is 423 g/mol. The highest BCUT2D eigenvalue weighted by Crippen LogP contribution is 2.30. The fourth-order valence-corrected chi connectivity index (χ4v) is 3.85. The average Bonchev–Trinajstić information content (AvgIpc) is 3.34. The Bertz CT molecular complexity index is 932. The van der Waals surface area contributed by atoms with Gasteiger partial charge in [-0.05, 0) is 67.6 Å². The van der Waals surface area contributed by atoms with Gasteiger partial charge in [0.25, 0.3) is 0 Å². The Labute approximate surface area is 191 Å². The van der Waals surface area contributed by atoms with Crippen LogP contribution in [0.1, 0.15) is 36.8 Å². The molecule has 6 nitrogen and oxygen atoms in total. The number of hydrogen-bond acceptors (Lipinski definition) is 5. The second-order valence-corrected chi connectivity index (χ2v) is 8.42. The Morgan fingerprint density at radius 2 is 1.78 bits per heavy atom. The van der Waals surface area contributed by atoms with Crippen molar-refractivity contribution in [1.82, 2.24) is 5.32 Å². The van der Waals surface area contributed by atoms with Gasteiger partial charge in [-0.1, -0.05) is 42.8 Å². The summed E-state index contributed by atoms with van der Waals surface area (Å²) in [6.07, 6.45) is 7.01. The van der Waals surface area contributed by atoms with Crippen molar-refractivity contribution in [3.8, 4) is 11.3 Å². The maximum absolute atomic E-state index is 10.5. The first-order chi connectivity index (χ1) is 15.7. The summed E-state index contributed by atoms with van der Waals surface area (Å²) in [5, 5.41) is 6.91. The van der Waals surface area contributed by atoms with Gasteiger partial charge >= 0.3 is 8.25 Å². The molecule has 170 valence electrons. The van der Waals surface area contributed by atoms with E-state index in [1.165, 1.54) is 18.4 Å². The smallest absolute Gasteiger partial charge is 0.464 e. The molecule has 3 N–H and O–H groups in total. The van der Waals surface area contributed by atoms with Crippen LogP contribution < -0.4 is 10.6 Å². The van der Waals surface area contributed by atoms with Gasteiger partial charge in [0.15, 0.2) is 0 Å². The highest BCUT2D eigenvalue weighted by atomic mass is 31.1. The third-order valence-corrected chi connectivity index (χ3v) is 5.60. The van der Waals surface area contributed by atoms with Gasteiger partial charge in [0, 0.05) is 28.9 Å². The molecule has 3 rings (SSSR count). The highest BCUT2D eigenvalue weighted by molar-refractivity contribution is 7.32. The van der Waals surface area contributed by atoms with Gasteiger partial charge in [-0.3, -0.25) is 0 Å². The predicted molar refractivity (Wildman–Crippen MR) is 129 cm³/mol. The molecule has 1 heterocycles. The molecule has 2 aromatic carbocycles. The number of nitrogens with one attached hydrogen (secondary N) is 2. The normalized spacial score (nSPS) is 11.5. The zero-order valence-corrected chi connectivity index (χ0v) is 19.2. The van der Waals surface area contributed by atoms with Gasteiger partial charge in [-0.2, -0.15) is 0 Å². The van der Waals surface area contributed by atoms with Crippen LogP contribution >= 0.6 is 8.25 Å². The summed E-state index contributed by atoms with van der Waals surface area (Å²) in [4.78, 5) is 8.64. The number of aryl methyl sites for hydroxylation is 1. The summed E-state index contributed by atoms with van der Waals surface area (Å²) in [5.41, 5.74) is 4.69. The van der Waals surface area contributed by atoms with E-state index >= 15 is 0 Å². The summed E-state index contributed by atoms with van der Waals surface area (Å²) in [6, 6.07) is 20.9. The van der Waals surface area contributed by atoms with Crippen molar-refractivity contribution < 1.29 is 18.4 Å². The largest absolute Gasteiger partial charge is 0.694 e. The van der Waals surface area contributed by atoms with Crippen molar-refractivity contribution >= 4 is 13.9 Å². The summed E-state index contributed by atoms with van der Waals surface area (Å²) >= 11 is 0. The lowest BCUT2D eigenvalue weighted by atomic mass is 10.1. The zero-order chi connectivity index (χ0) is 22.4. The van der Waals surface area contributed by atoms with E-state index in [1.54, 1.807) is 6.26 Å². The number of benzene rings is 2. The first-order valence-electron chi connectivity index (χ1n) is 11.2. The molecule has 0 aliphatic heterocycles. The molecular formula is C25H32N2O4P+. The Morgan fingerprint density at radius 1 is 0.906 bits per heavy atom. The van der Waals surface area contributed by atoms with Crippen LogP contribution in [0.15, 0.2) is 71.3 Å². The van der Waals surface area contributed by atoms with Gasteiger partial charge in [-0.15, -0.1) is 9.42 Å². The summed E-state index contributed by atoms with van der Waals surface area (Å²) in [7, 11) is -2.51. The van der Waals surface area contributed by atoms with E-state index in [4.69, 9.17) is 9.31 Å². The van der Waals surface area contributed by atoms with Crippen molar-refractivity contribution in [3.63, 3.8) is 0 Å². The number of furan rings is 1. The minimum atomic E-state index is -2.51. The van der Waals surface area contributed by atoms with Crippen LogP contribution in [-0.4, -0.2) is 24.6 Å². The molecule has 3 aromatic rings. The van der Waals surface area contributed by atoms with Crippen molar-refractivity contribution in [2.75, 3.05) is 25.0 Å². The SMILES string of the molecule is O=[P+](O)OCCCNCc1ccc(NCCCCCc2ccccc2)c(-c2ccco2)c1. The van der Waals surface area contributed by atoms with E-state index in [9.17, 15) is 4.57 Å². The molecule has 7 heteroatoms. The molecule has 0 radical (unpaired) electrons. The van der Waals surface area contributed by atoms with Gasteiger partial charge < -0.3 is 15.1 Å². The maximum atomic E-state index is 10.5. The van der Waals surface area contributed by atoms with E-state index in [2.05, 4.69) is 63.7 Å². The molecule has 0 saturated heterocycles. The van der Waals surface area contributed by atoms with Crippen LogP contribution in [0, 0.1) is 0 Å². The molecule has 1 atom stereocenters. The Balaban J connectivity index is 1.45. The molecule has 32 heavy (non-hydrogen) atoms. The average molecular weight is 456 g/mol. The maximum Gasteiger partial charge on any atom is 0.694 e. The van der Waals surface area contributed by atoms with Gasteiger partial charge in [-0.25, -0.2) is 0 Å². The summed E-state index contributed by atoms with van der Waals surface area (Å²) < 4.78 is 20.8. The second-order valence-electron chi connectivity index (χ2n) is 7.68. The van der Waals surface area contributed by atoms with E-state index in [0.29, 0.717) is 19.5 Å². The van der Waals surface area contributed by atoms with Crippen LogP contribution in [0.25, 0.3) is 11.3 Å². The molecule has 0 aliphatic carbocycles. The van der Waals surface area contributed by atoms with Crippen molar-refractivity contribution in [3.05, 3.63) is 78.1 Å². The van der Waals surface area contributed by atoms with Crippen molar-refractivity contribution in [1.29, 1.82) is 0 Å². The summed E-state index contributed by atoms with van der Waals surface area (Å²) in [5.74, 6) is 0.846. The number of anilines is 1. The number of hydrogen-bond donors (Lipinski definition) is 3.